The van der Waals surface area contributed by atoms with Gasteiger partial charge in [-0.3, -0.25) is 5.10 Å². The molecule has 8 nitrogen and oxygen atoms in total. The fourth-order valence-electron chi connectivity index (χ4n) is 6.93. The lowest BCUT2D eigenvalue weighted by Crippen LogP contribution is -2.70. The van der Waals surface area contributed by atoms with Crippen LogP contribution in [0.25, 0.3) is 0 Å². The first-order valence-corrected chi connectivity index (χ1v) is 12.3. The molecule has 3 aliphatic carbocycles. The number of halogens is 3. The van der Waals surface area contributed by atoms with E-state index in [9.17, 15) is 18.0 Å². The average molecular weight is 476 g/mol. The Hall–Kier alpha value is -2.59. The second kappa shape index (κ2) is 6.75. The van der Waals surface area contributed by atoms with E-state index < -0.39 is 6.30 Å². The van der Waals surface area contributed by atoms with Crippen molar-refractivity contribution in [3.63, 3.8) is 0 Å². The summed E-state index contributed by atoms with van der Waals surface area (Å²) in [6.07, 6.45) is 5.06. The Morgan fingerprint density at radius 3 is 2.26 bits per heavy atom. The minimum absolute atomic E-state index is 0.0710. The Bertz CT molecular complexity index is 1110. The Balaban J connectivity index is 0.844. The van der Waals surface area contributed by atoms with Gasteiger partial charge in [-0.1, -0.05) is 0 Å². The van der Waals surface area contributed by atoms with Crippen LogP contribution >= 0.6 is 0 Å². The zero-order chi connectivity index (χ0) is 23.3. The van der Waals surface area contributed by atoms with Crippen LogP contribution in [0.5, 0.6) is 0 Å². The number of carbonyl (C=O) groups excluding carboxylic acids is 1. The fraction of sp³-hybridized carbons (Fsp3) is 0.739. The topological polar surface area (TPSA) is 82.9 Å². The summed E-state index contributed by atoms with van der Waals surface area (Å²) in [6.45, 7) is 3.22. The SMILES string of the molecule is O=C(N1CC2(CC(Cc3cnn(C(F)(F)F)c3)C2)C1)N1CC2(CC(c3nc(C4CC4)n[nH]3)C2)C1. The number of urea groups is 1. The summed E-state index contributed by atoms with van der Waals surface area (Å²) in [5.74, 6) is 3.38. The van der Waals surface area contributed by atoms with Gasteiger partial charge in [-0.25, -0.2) is 9.78 Å². The zero-order valence-electron chi connectivity index (χ0n) is 18.9. The van der Waals surface area contributed by atoms with E-state index in [0.29, 0.717) is 29.7 Å². The third-order valence-corrected chi connectivity index (χ3v) is 8.72. The molecule has 3 saturated carbocycles. The summed E-state index contributed by atoms with van der Waals surface area (Å²) in [6, 6.07) is 0.144. The van der Waals surface area contributed by atoms with Crippen molar-refractivity contribution in [2.45, 2.75) is 63.1 Å². The van der Waals surface area contributed by atoms with Gasteiger partial charge in [0.05, 0.1) is 6.20 Å². The zero-order valence-corrected chi connectivity index (χ0v) is 18.9. The molecule has 5 aliphatic rings. The number of H-pyrrole nitrogens is 1. The summed E-state index contributed by atoms with van der Waals surface area (Å²) in [4.78, 5) is 21.5. The smallest absolute Gasteiger partial charge is 0.323 e. The molecule has 0 bridgehead atoms. The van der Waals surface area contributed by atoms with Gasteiger partial charge in [0.1, 0.15) is 5.82 Å². The third-order valence-electron chi connectivity index (χ3n) is 8.72. The van der Waals surface area contributed by atoms with Gasteiger partial charge in [-0.05, 0) is 56.4 Å². The van der Waals surface area contributed by atoms with Gasteiger partial charge in [0.25, 0.3) is 0 Å². The molecular formula is C23H28F3N7O. The highest BCUT2D eigenvalue weighted by Gasteiger charge is 2.58. The van der Waals surface area contributed by atoms with Crippen LogP contribution < -0.4 is 0 Å². The molecule has 0 unspecified atom stereocenters. The molecule has 11 heteroatoms. The highest BCUT2D eigenvalue weighted by Crippen LogP contribution is 2.57. The van der Waals surface area contributed by atoms with Crippen LogP contribution in [0.2, 0.25) is 0 Å². The van der Waals surface area contributed by atoms with Crippen molar-refractivity contribution >= 4 is 6.03 Å². The van der Waals surface area contributed by atoms with Crippen molar-refractivity contribution < 1.29 is 18.0 Å². The molecule has 0 atom stereocenters. The largest absolute Gasteiger partial charge is 0.504 e. The number of carbonyl (C=O) groups is 1. The number of aromatic nitrogens is 5. The lowest BCUT2D eigenvalue weighted by Gasteiger charge is -2.63. The van der Waals surface area contributed by atoms with Crippen molar-refractivity contribution in [2.24, 2.45) is 16.7 Å². The minimum Gasteiger partial charge on any atom is -0.323 e. The molecule has 34 heavy (non-hydrogen) atoms. The quantitative estimate of drug-likeness (QED) is 0.733. The molecule has 5 fully saturated rings. The van der Waals surface area contributed by atoms with Crippen LogP contribution in [-0.4, -0.2) is 67.0 Å². The highest BCUT2D eigenvalue weighted by molar-refractivity contribution is 5.77. The lowest BCUT2D eigenvalue weighted by molar-refractivity contribution is -0.212. The predicted octanol–water partition coefficient (Wildman–Crippen LogP) is 3.61. The van der Waals surface area contributed by atoms with Crippen molar-refractivity contribution in [1.29, 1.82) is 0 Å². The molecule has 2 saturated heterocycles. The maximum Gasteiger partial charge on any atom is 0.504 e. The van der Waals surface area contributed by atoms with Gasteiger partial charge in [0, 0.05) is 55.0 Å². The van der Waals surface area contributed by atoms with E-state index in [-0.39, 0.29) is 21.5 Å². The van der Waals surface area contributed by atoms with Gasteiger partial charge >= 0.3 is 12.3 Å². The van der Waals surface area contributed by atoms with Gasteiger partial charge in [-0.2, -0.15) is 14.9 Å². The van der Waals surface area contributed by atoms with Gasteiger partial charge in [0.15, 0.2) is 5.82 Å². The first-order chi connectivity index (χ1) is 16.2. The molecule has 2 aromatic heterocycles. The lowest BCUT2D eigenvalue weighted by atomic mass is 9.56. The normalized spacial score (nSPS) is 25.7. The van der Waals surface area contributed by atoms with E-state index in [4.69, 9.17) is 0 Å². The van der Waals surface area contributed by atoms with Crippen molar-refractivity contribution in [3.8, 4) is 0 Å². The van der Waals surface area contributed by atoms with Crippen molar-refractivity contribution in [3.05, 3.63) is 29.6 Å². The summed E-state index contributed by atoms with van der Waals surface area (Å²) in [7, 11) is 0. The molecule has 2 aromatic rings. The number of alkyl halides is 3. The molecular weight excluding hydrogens is 447 g/mol. The Morgan fingerprint density at radius 1 is 1.03 bits per heavy atom. The minimum atomic E-state index is -4.46. The maximum atomic E-state index is 12.9. The summed E-state index contributed by atoms with van der Waals surface area (Å²) < 4.78 is 38.1. The average Bonchev–Trinajstić information content (AvgIpc) is 3.19. The number of hydrogen-bond acceptors (Lipinski definition) is 4. The molecule has 1 N–H and O–H groups in total. The summed E-state index contributed by atoms with van der Waals surface area (Å²) >= 11 is 0. The molecule has 4 heterocycles. The number of rotatable bonds is 4. The molecule has 7 rings (SSSR count). The predicted molar refractivity (Wildman–Crippen MR) is 114 cm³/mol. The van der Waals surface area contributed by atoms with Gasteiger partial charge in [-0.15, -0.1) is 13.2 Å². The monoisotopic (exact) mass is 475 g/mol. The van der Waals surface area contributed by atoms with E-state index in [1.807, 2.05) is 9.80 Å². The first-order valence-electron chi connectivity index (χ1n) is 12.3. The summed E-state index contributed by atoms with van der Waals surface area (Å²) in [5.41, 5.74) is 1.07. The second-order valence-corrected chi connectivity index (χ2v) is 11.7. The van der Waals surface area contributed by atoms with Crippen LogP contribution in [0.1, 0.15) is 67.6 Å². The van der Waals surface area contributed by atoms with Crippen LogP contribution in [0.3, 0.4) is 0 Å². The number of amides is 2. The van der Waals surface area contributed by atoms with E-state index in [1.165, 1.54) is 19.0 Å². The fourth-order valence-corrected chi connectivity index (χ4v) is 6.93. The van der Waals surface area contributed by atoms with Crippen molar-refractivity contribution in [2.75, 3.05) is 26.2 Å². The Morgan fingerprint density at radius 2 is 1.68 bits per heavy atom. The van der Waals surface area contributed by atoms with Crippen LogP contribution in [-0.2, 0) is 12.7 Å². The van der Waals surface area contributed by atoms with E-state index in [2.05, 4.69) is 20.3 Å². The van der Waals surface area contributed by atoms with E-state index >= 15 is 0 Å². The first kappa shape index (κ1) is 20.8. The second-order valence-electron chi connectivity index (χ2n) is 11.7. The number of nitrogens with one attached hydrogen (secondary N) is 1. The van der Waals surface area contributed by atoms with E-state index in [1.54, 1.807) is 0 Å². The summed E-state index contributed by atoms with van der Waals surface area (Å²) in [5, 5.41) is 10.9. The van der Waals surface area contributed by atoms with E-state index in [0.717, 1.165) is 69.7 Å². The highest BCUT2D eigenvalue weighted by atomic mass is 19.4. The number of hydrogen-bond donors (Lipinski definition) is 1. The van der Waals surface area contributed by atoms with Crippen LogP contribution in [0, 0.1) is 16.7 Å². The third kappa shape index (κ3) is 3.33. The van der Waals surface area contributed by atoms with Crippen LogP contribution in [0.4, 0.5) is 18.0 Å². The number of likely N-dealkylation sites (tertiary alicyclic amines) is 2. The molecule has 2 amide bonds. The number of nitrogens with zero attached hydrogens (tertiary/aromatic N) is 6. The molecule has 2 aliphatic heterocycles. The standard InChI is InChI=1S/C23H28F3N7O/c24-23(25,26)33-9-15(8-27-33)3-14-4-21(5-14)10-31(11-21)20(34)32-12-22(13-32)6-17(7-22)19-28-18(29-30-19)16-1-2-16/h8-9,14,16-17H,1-7,10-13H2,(H,28,29,30). The Kier molecular flexibility index (Phi) is 4.12. The van der Waals surface area contributed by atoms with Crippen molar-refractivity contribution in [1.82, 2.24) is 34.8 Å². The van der Waals surface area contributed by atoms with Gasteiger partial charge < -0.3 is 9.80 Å². The maximum absolute atomic E-state index is 12.9. The Labute approximate surface area is 194 Å². The van der Waals surface area contributed by atoms with Crippen LogP contribution in [0.15, 0.2) is 12.4 Å². The van der Waals surface area contributed by atoms with Gasteiger partial charge in [0.2, 0.25) is 0 Å². The molecule has 0 radical (unpaired) electrons. The molecule has 182 valence electrons. The molecule has 0 aromatic carbocycles. The molecule has 2 spiro atoms. The number of aromatic amines is 1.